The minimum absolute atomic E-state index is 0.0146. The van der Waals surface area contributed by atoms with Crippen LogP contribution in [-0.2, 0) is 14.3 Å². The van der Waals surface area contributed by atoms with E-state index in [0.29, 0.717) is 23.6 Å². The van der Waals surface area contributed by atoms with Crippen molar-refractivity contribution in [3.05, 3.63) is 60.2 Å². The molecule has 148 valence electrons. The molecule has 0 saturated carbocycles. The molecule has 1 N–H and O–H groups in total. The van der Waals surface area contributed by atoms with Crippen LogP contribution in [0.1, 0.15) is 23.7 Å². The Morgan fingerprint density at radius 1 is 1.04 bits per heavy atom. The third kappa shape index (κ3) is 6.42. The monoisotopic (exact) mass is 401 g/mol. The molecule has 2 rings (SSSR count). The normalized spacial score (nSPS) is 11.4. The number of amides is 1. The maximum absolute atomic E-state index is 12.7. The molecule has 6 nitrogen and oxygen atoms in total. The number of esters is 1. The topological polar surface area (TPSA) is 81.7 Å². The third-order valence-corrected chi connectivity index (χ3v) is 5.02. The fourth-order valence-electron chi connectivity index (χ4n) is 2.46. The van der Waals surface area contributed by atoms with E-state index in [9.17, 15) is 14.4 Å². The Morgan fingerprint density at radius 2 is 1.71 bits per heavy atom. The zero-order valence-electron chi connectivity index (χ0n) is 15.8. The van der Waals surface area contributed by atoms with Gasteiger partial charge in [0.05, 0.1) is 36.8 Å². The largest absolute Gasteiger partial charge is 0.492 e. The molecule has 0 radical (unpaired) electrons. The molecule has 0 bridgehead atoms. The zero-order chi connectivity index (χ0) is 20.4. The summed E-state index contributed by atoms with van der Waals surface area (Å²) in [5.74, 6) is -0.397. The number of thioether (sulfide) groups is 1. The average Bonchev–Trinajstić information content (AvgIpc) is 2.72. The van der Waals surface area contributed by atoms with E-state index < -0.39 is 11.2 Å². The van der Waals surface area contributed by atoms with Crippen LogP contribution in [0.15, 0.2) is 54.6 Å². The third-order valence-electron chi connectivity index (χ3n) is 3.81. The molecule has 0 aliphatic heterocycles. The van der Waals surface area contributed by atoms with Crippen molar-refractivity contribution in [2.75, 3.05) is 24.8 Å². The van der Waals surface area contributed by atoms with Crippen LogP contribution >= 0.6 is 11.8 Å². The van der Waals surface area contributed by atoms with Gasteiger partial charge in [-0.3, -0.25) is 14.4 Å². The number of ether oxygens (including phenoxy) is 2. The number of nitrogens with one attached hydrogen (secondary N) is 1. The summed E-state index contributed by atoms with van der Waals surface area (Å²) in [5.41, 5.74) is 1.06. The molecule has 28 heavy (non-hydrogen) atoms. The van der Waals surface area contributed by atoms with Crippen molar-refractivity contribution in [1.29, 1.82) is 0 Å². The molecule has 0 aliphatic rings. The Morgan fingerprint density at radius 3 is 2.39 bits per heavy atom. The lowest BCUT2D eigenvalue weighted by molar-refractivity contribution is -0.140. The van der Waals surface area contributed by atoms with E-state index in [-0.39, 0.29) is 23.9 Å². The summed E-state index contributed by atoms with van der Waals surface area (Å²) in [7, 11) is 1.27. The van der Waals surface area contributed by atoms with Gasteiger partial charge < -0.3 is 14.8 Å². The molecule has 7 heteroatoms. The molecule has 1 atom stereocenters. The van der Waals surface area contributed by atoms with Crippen LogP contribution in [0.4, 0.5) is 5.69 Å². The van der Waals surface area contributed by atoms with Gasteiger partial charge in [-0.05, 0) is 19.1 Å². The number of para-hydroxylation sites is 2. The minimum Gasteiger partial charge on any atom is -0.492 e. The van der Waals surface area contributed by atoms with Gasteiger partial charge in [0, 0.05) is 5.56 Å². The molecule has 0 aliphatic carbocycles. The second kappa shape index (κ2) is 11.1. The predicted molar refractivity (Wildman–Crippen MR) is 110 cm³/mol. The summed E-state index contributed by atoms with van der Waals surface area (Å²) in [5, 5.41) is 2.08. The number of carbonyl (C=O) groups excluding carboxylic acids is 3. The predicted octanol–water partition coefficient (Wildman–Crippen LogP) is 3.57. The molecule has 0 heterocycles. The van der Waals surface area contributed by atoms with E-state index in [1.54, 1.807) is 42.5 Å². The van der Waals surface area contributed by atoms with Gasteiger partial charge in [-0.25, -0.2) is 0 Å². The van der Waals surface area contributed by atoms with E-state index >= 15 is 0 Å². The van der Waals surface area contributed by atoms with Crippen LogP contribution in [0, 0.1) is 0 Å². The van der Waals surface area contributed by atoms with Crippen molar-refractivity contribution in [2.45, 2.75) is 18.6 Å². The second-order valence-corrected chi connectivity index (χ2v) is 6.98. The highest BCUT2D eigenvalue weighted by molar-refractivity contribution is 8.01. The SMILES string of the molecule is CCOc1ccccc1NC(=O)CSC(CC(=O)OC)C(=O)c1ccccc1. The number of benzene rings is 2. The number of ketones is 1. The van der Waals surface area contributed by atoms with Crippen molar-refractivity contribution >= 4 is 35.1 Å². The number of anilines is 1. The quantitative estimate of drug-likeness (QED) is 0.484. The van der Waals surface area contributed by atoms with E-state index in [4.69, 9.17) is 9.47 Å². The van der Waals surface area contributed by atoms with Crippen LogP contribution in [-0.4, -0.2) is 42.4 Å². The second-order valence-electron chi connectivity index (χ2n) is 5.79. The van der Waals surface area contributed by atoms with E-state index in [1.807, 2.05) is 19.1 Å². The fraction of sp³-hybridized carbons (Fsp3) is 0.286. The highest BCUT2D eigenvalue weighted by Gasteiger charge is 2.25. The first-order chi connectivity index (χ1) is 13.5. The lowest BCUT2D eigenvalue weighted by Crippen LogP contribution is -2.25. The standard InChI is InChI=1S/C21H23NO5S/c1-3-27-17-12-8-7-11-16(17)22-19(23)14-28-18(13-20(24)26-2)21(25)15-9-5-4-6-10-15/h4-12,18H,3,13-14H2,1-2H3,(H,22,23). The molecular formula is C21H23NO5S. The molecule has 1 unspecified atom stereocenters. The van der Waals surface area contributed by atoms with Crippen LogP contribution in [0.25, 0.3) is 0 Å². The van der Waals surface area contributed by atoms with Crippen molar-refractivity contribution in [3.8, 4) is 5.75 Å². The van der Waals surface area contributed by atoms with Crippen LogP contribution in [0.3, 0.4) is 0 Å². The van der Waals surface area contributed by atoms with Crippen molar-refractivity contribution in [2.24, 2.45) is 0 Å². The smallest absolute Gasteiger partial charge is 0.307 e. The highest BCUT2D eigenvalue weighted by Crippen LogP contribution is 2.25. The molecule has 2 aromatic carbocycles. The maximum atomic E-state index is 12.7. The Bertz CT molecular complexity index is 809. The van der Waals surface area contributed by atoms with Gasteiger partial charge >= 0.3 is 5.97 Å². The number of carbonyl (C=O) groups is 3. The fourth-order valence-corrected chi connectivity index (χ4v) is 3.43. The van der Waals surface area contributed by atoms with Crippen molar-refractivity contribution in [1.82, 2.24) is 0 Å². The summed E-state index contributed by atoms with van der Waals surface area (Å²) in [6, 6.07) is 15.8. The Hall–Kier alpha value is -2.80. The van der Waals surface area contributed by atoms with E-state index in [1.165, 1.54) is 7.11 Å². The van der Waals surface area contributed by atoms with Crippen LogP contribution in [0.5, 0.6) is 5.75 Å². The number of rotatable bonds is 10. The molecule has 2 aromatic rings. The Kier molecular flexibility index (Phi) is 8.55. The summed E-state index contributed by atoms with van der Waals surface area (Å²) in [4.78, 5) is 36.8. The van der Waals surface area contributed by atoms with Crippen molar-refractivity contribution < 1.29 is 23.9 Å². The molecule has 0 fully saturated rings. The van der Waals surface area contributed by atoms with Gasteiger partial charge in [0.15, 0.2) is 5.78 Å². The minimum atomic E-state index is -0.706. The number of hydrogen-bond donors (Lipinski definition) is 1. The molecule has 1 amide bonds. The number of methoxy groups -OCH3 is 1. The number of Topliss-reactive ketones (excluding diaryl/α,β-unsaturated/α-hetero) is 1. The first-order valence-electron chi connectivity index (χ1n) is 8.84. The van der Waals surface area contributed by atoms with Gasteiger partial charge in [0.2, 0.25) is 5.91 Å². The van der Waals surface area contributed by atoms with Crippen LogP contribution < -0.4 is 10.1 Å². The highest BCUT2D eigenvalue weighted by atomic mass is 32.2. The van der Waals surface area contributed by atoms with Gasteiger partial charge in [-0.1, -0.05) is 42.5 Å². The molecule has 0 aromatic heterocycles. The van der Waals surface area contributed by atoms with Crippen LogP contribution in [0.2, 0.25) is 0 Å². The molecular weight excluding hydrogens is 378 g/mol. The summed E-state index contributed by atoms with van der Waals surface area (Å²) >= 11 is 1.11. The lowest BCUT2D eigenvalue weighted by Gasteiger charge is -2.15. The lowest BCUT2D eigenvalue weighted by atomic mass is 10.1. The molecule has 0 saturated heterocycles. The Labute approximate surface area is 168 Å². The zero-order valence-corrected chi connectivity index (χ0v) is 16.7. The number of hydrogen-bond acceptors (Lipinski definition) is 6. The van der Waals surface area contributed by atoms with Crippen molar-refractivity contribution in [3.63, 3.8) is 0 Å². The van der Waals surface area contributed by atoms with E-state index in [2.05, 4.69) is 5.32 Å². The van der Waals surface area contributed by atoms with Gasteiger partial charge in [-0.2, -0.15) is 0 Å². The van der Waals surface area contributed by atoms with E-state index in [0.717, 1.165) is 11.8 Å². The maximum Gasteiger partial charge on any atom is 0.307 e. The summed E-state index contributed by atoms with van der Waals surface area (Å²) < 4.78 is 10.2. The average molecular weight is 401 g/mol. The van der Waals surface area contributed by atoms with Gasteiger partial charge in [-0.15, -0.1) is 11.8 Å². The van der Waals surface area contributed by atoms with Gasteiger partial charge in [0.1, 0.15) is 5.75 Å². The summed E-state index contributed by atoms with van der Waals surface area (Å²) in [6.45, 7) is 2.34. The summed E-state index contributed by atoms with van der Waals surface area (Å²) in [6.07, 6.45) is -0.0995. The van der Waals surface area contributed by atoms with Gasteiger partial charge in [0.25, 0.3) is 0 Å². The molecule has 0 spiro atoms. The first kappa shape index (κ1) is 21.5. The Balaban J connectivity index is 2.03. The first-order valence-corrected chi connectivity index (χ1v) is 9.89.